The number of urea groups is 1. The summed E-state index contributed by atoms with van der Waals surface area (Å²) < 4.78 is 28.5. The quantitative estimate of drug-likeness (QED) is 0.896. The van der Waals surface area contributed by atoms with Crippen LogP contribution >= 0.6 is 0 Å². The zero-order valence-corrected chi connectivity index (χ0v) is 13.7. The number of rotatable bonds is 4. The molecule has 1 fully saturated rings. The number of para-hydroxylation sites is 1. The first-order valence-corrected chi connectivity index (χ1v) is 9.48. The fourth-order valence-corrected chi connectivity index (χ4v) is 4.67. The normalized spacial score (nSPS) is 21.2. The second-order valence-corrected chi connectivity index (χ2v) is 8.26. The topological polar surface area (TPSA) is 88.4 Å². The van der Waals surface area contributed by atoms with Crippen molar-refractivity contribution in [3.05, 3.63) is 36.1 Å². The number of benzene rings is 1. The first-order valence-electron chi connectivity index (χ1n) is 7.66. The maximum absolute atomic E-state index is 11.9. The number of hydrogen-bond acceptors (Lipinski definition) is 4. The molecule has 1 saturated heterocycles. The minimum absolute atomic E-state index is 0.00672. The third-order valence-electron chi connectivity index (χ3n) is 4.10. The lowest BCUT2D eigenvalue weighted by Crippen LogP contribution is -2.39. The number of carbonyl (C=O) groups excluding carboxylic acids is 1. The van der Waals surface area contributed by atoms with Crippen molar-refractivity contribution in [2.75, 3.05) is 18.1 Å². The lowest BCUT2D eigenvalue weighted by molar-refractivity contribution is 0.235. The molecule has 0 unspecified atom stereocenters. The number of amides is 2. The molecule has 6 nitrogen and oxygen atoms in total. The molecule has 2 N–H and O–H groups in total. The predicted octanol–water partition coefficient (Wildman–Crippen LogP) is 2.23. The number of hydrogen-bond donors (Lipinski definition) is 2. The van der Waals surface area contributed by atoms with Gasteiger partial charge in [-0.3, -0.25) is 0 Å². The Hall–Kier alpha value is -2.02. The molecule has 23 heavy (non-hydrogen) atoms. The van der Waals surface area contributed by atoms with Crippen LogP contribution in [0.15, 0.2) is 34.7 Å². The van der Waals surface area contributed by atoms with Crippen LogP contribution in [0.3, 0.4) is 0 Å². The Balaban J connectivity index is 1.53. The third-order valence-corrected chi connectivity index (χ3v) is 5.93. The molecule has 0 bridgehead atoms. The average Bonchev–Trinajstić information content (AvgIpc) is 3.08. The van der Waals surface area contributed by atoms with Crippen LogP contribution < -0.4 is 10.6 Å². The molecule has 2 aromatic rings. The van der Waals surface area contributed by atoms with Crippen molar-refractivity contribution in [1.82, 2.24) is 10.6 Å². The molecule has 2 amide bonds. The molecule has 1 aliphatic heterocycles. The largest absolute Gasteiger partial charge is 0.459 e. The van der Waals surface area contributed by atoms with E-state index in [-0.39, 0.29) is 29.5 Å². The van der Waals surface area contributed by atoms with Gasteiger partial charge in [0, 0.05) is 11.9 Å². The number of carbonyl (C=O) groups is 1. The minimum Gasteiger partial charge on any atom is -0.459 e. The van der Waals surface area contributed by atoms with Gasteiger partial charge >= 0.3 is 6.03 Å². The molecule has 0 aliphatic carbocycles. The van der Waals surface area contributed by atoms with E-state index in [4.69, 9.17) is 4.42 Å². The summed E-state index contributed by atoms with van der Waals surface area (Å²) >= 11 is 0. The van der Waals surface area contributed by atoms with E-state index in [1.807, 2.05) is 37.3 Å². The molecule has 1 aliphatic rings. The maximum atomic E-state index is 11.9. The Labute approximate surface area is 135 Å². The van der Waals surface area contributed by atoms with Gasteiger partial charge in [0.25, 0.3) is 0 Å². The van der Waals surface area contributed by atoms with Crippen LogP contribution in [0, 0.1) is 5.92 Å². The maximum Gasteiger partial charge on any atom is 0.315 e. The van der Waals surface area contributed by atoms with Gasteiger partial charge < -0.3 is 15.1 Å². The molecule has 0 radical (unpaired) electrons. The van der Waals surface area contributed by atoms with Crippen molar-refractivity contribution in [1.29, 1.82) is 0 Å². The van der Waals surface area contributed by atoms with Gasteiger partial charge in [0.2, 0.25) is 0 Å². The first kappa shape index (κ1) is 15.9. The van der Waals surface area contributed by atoms with Crippen LogP contribution in [-0.2, 0) is 9.84 Å². The minimum atomic E-state index is -2.91. The van der Waals surface area contributed by atoms with Crippen LogP contribution in [0.1, 0.15) is 25.1 Å². The monoisotopic (exact) mass is 336 g/mol. The number of furan rings is 1. The molecule has 0 saturated carbocycles. The Morgan fingerprint density at radius 1 is 1.39 bits per heavy atom. The molecule has 1 aromatic carbocycles. The smallest absolute Gasteiger partial charge is 0.315 e. The van der Waals surface area contributed by atoms with Crippen molar-refractivity contribution in [3.8, 4) is 0 Å². The van der Waals surface area contributed by atoms with E-state index in [1.54, 1.807) is 0 Å². The number of sulfone groups is 1. The van der Waals surface area contributed by atoms with Crippen LogP contribution in [0.2, 0.25) is 0 Å². The highest BCUT2D eigenvalue weighted by atomic mass is 32.2. The van der Waals surface area contributed by atoms with E-state index in [0.717, 1.165) is 11.0 Å². The molecule has 0 spiro atoms. The summed E-state index contributed by atoms with van der Waals surface area (Å²) in [6, 6.07) is 8.99. The summed E-state index contributed by atoms with van der Waals surface area (Å²) in [5.41, 5.74) is 0.785. The van der Waals surface area contributed by atoms with E-state index < -0.39 is 9.84 Å². The highest BCUT2D eigenvalue weighted by Gasteiger charge is 2.28. The summed E-state index contributed by atoms with van der Waals surface area (Å²) in [5, 5.41) is 6.54. The van der Waals surface area contributed by atoms with Gasteiger partial charge in [-0.25, -0.2) is 13.2 Å². The molecule has 2 atom stereocenters. The Kier molecular flexibility index (Phi) is 4.30. The second-order valence-electron chi connectivity index (χ2n) is 6.03. The van der Waals surface area contributed by atoms with Crippen molar-refractivity contribution in [2.45, 2.75) is 19.4 Å². The van der Waals surface area contributed by atoms with Gasteiger partial charge in [-0.05, 0) is 31.4 Å². The molecule has 7 heteroatoms. The van der Waals surface area contributed by atoms with Crippen molar-refractivity contribution in [3.63, 3.8) is 0 Å². The lowest BCUT2D eigenvalue weighted by atomic mass is 10.1. The highest BCUT2D eigenvalue weighted by Crippen LogP contribution is 2.23. The summed E-state index contributed by atoms with van der Waals surface area (Å²) in [6.45, 7) is 2.22. The Bertz CT molecular complexity index is 779. The SMILES string of the molecule is C[C@@H](NC(=O)NC[C@H]1CCS(=O)(=O)C1)c1cc2ccccc2o1. The van der Waals surface area contributed by atoms with Crippen LogP contribution in [-0.4, -0.2) is 32.5 Å². The molecular formula is C16H20N2O4S. The molecule has 124 valence electrons. The van der Waals surface area contributed by atoms with Gasteiger partial charge in [0.1, 0.15) is 11.3 Å². The second kappa shape index (κ2) is 6.23. The molecule has 3 rings (SSSR count). The van der Waals surface area contributed by atoms with Crippen molar-refractivity contribution < 1.29 is 17.6 Å². The summed E-state index contributed by atoms with van der Waals surface area (Å²) in [5.74, 6) is 1.07. The van der Waals surface area contributed by atoms with Gasteiger partial charge in [-0.2, -0.15) is 0 Å². The summed E-state index contributed by atoms with van der Waals surface area (Å²) in [6.07, 6.45) is 0.613. The Morgan fingerprint density at radius 2 is 2.17 bits per heavy atom. The standard InChI is InChI=1S/C16H20N2O4S/c1-11(15-8-13-4-2-3-5-14(13)22-15)18-16(19)17-9-12-6-7-23(20,21)10-12/h2-5,8,11-12H,6-7,9-10H2,1H3,(H2,17,18,19)/t11-,12-/m1/s1. The first-order chi connectivity index (χ1) is 10.9. The fraction of sp³-hybridized carbons (Fsp3) is 0.438. The summed E-state index contributed by atoms with van der Waals surface area (Å²) in [4.78, 5) is 11.9. The van der Waals surface area contributed by atoms with E-state index >= 15 is 0 Å². The van der Waals surface area contributed by atoms with E-state index in [9.17, 15) is 13.2 Å². The van der Waals surface area contributed by atoms with Crippen LogP contribution in [0.4, 0.5) is 4.79 Å². The predicted molar refractivity (Wildman–Crippen MR) is 87.9 cm³/mol. The zero-order chi connectivity index (χ0) is 16.4. The fourth-order valence-electron chi connectivity index (χ4n) is 2.80. The van der Waals surface area contributed by atoms with Crippen molar-refractivity contribution in [2.24, 2.45) is 5.92 Å². The number of nitrogens with one attached hydrogen (secondary N) is 2. The van der Waals surface area contributed by atoms with E-state index in [2.05, 4.69) is 10.6 Å². The van der Waals surface area contributed by atoms with Crippen LogP contribution in [0.5, 0.6) is 0 Å². The zero-order valence-electron chi connectivity index (χ0n) is 12.9. The van der Waals surface area contributed by atoms with Gasteiger partial charge in [0.15, 0.2) is 9.84 Å². The van der Waals surface area contributed by atoms with Crippen molar-refractivity contribution >= 4 is 26.8 Å². The van der Waals surface area contributed by atoms with Gasteiger partial charge in [-0.1, -0.05) is 18.2 Å². The van der Waals surface area contributed by atoms with Gasteiger partial charge in [-0.15, -0.1) is 0 Å². The number of fused-ring (bicyclic) bond motifs is 1. The molecule has 1 aromatic heterocycles. The molecule has 2 heterocycles. The average molecular weight is 336 g/mol. The lowest BCUT2D eigenvalue weighted by Gasteiger charge is -2.14. The third kappa shape index (κ3) is 3.85. The summed E-state index contributed by atoms with van der Waals surface area (Å²) in [7, 11) is -2.91. The molecular weight excluding hydrogens is 316 g/mol. The van der Waals surface area contributed by atoms with E-state index in [1.165, 1.54) is 0 Å². The van der Waals surface area contributed by atoms with Crippen LogP contribution in [0.25, 0.3) is 11.0 Å². The van der Waals surface area contributed by atoms with E-state index in [0.29, 0.717) is 18.7 Å². The Morgan fingerprint density at radius 3 is 2.87 bits per heavy atom. The highest BCUT2D eigenvalue weighted by molar-refractivity contribution is 7.91. The van der Waals surface area contributed by atoms with Gasteiger partial charge in [0.05, 0.1) is 17.5 Å².